The van der Waals surface area contributed by atoms with Gasteiger partial charge in [0.1, 0.15) is 5.56 Å². The van der Waals surface area contributed by atoms with Crippen LogP contribution in [-0.2, 0) is 0 Å². The third-order valence-corrected chi connectivity index (χ3v) is 4.12. The zero-order valence-electron chi connectivity index (χ0n) is 13.1. The molecule has 1 aliphatic heterocycles. The molecular weight excluding hydrogens is 304 g/mol. The number of carbonyl (C=O) groups is 1. The van der Waals surface area contributed by atoms with E-state index in [9.17, 15) is 14.9 Å². The molecule has 1 heterocycles. The maximum absolute atomic E-state index is 12.6. The van der Waals surface area contributed by atoms with Crippen molar-refractivity contribution in [2.24, 2.45) is 0 Å². The van der Waals surface area contributed by atoms with Crippen molar-refractivity contribution < 1.29 is 9.72 Å². The highest BCUT2D eigenvalue weighted by Crippen LogP contribution is 2.24. The lowest BCUT2D eigenvalue weighted by atomic mass is 9.99. The zero-order valence-corrected chi connectivity index (χ0v) is 13.1. The van der Waals surface area contributed by atoms with Crippen molar-refractivity contribution in [3.8, 4) is 0 Å². The smallest absolute Gasteiger partial charge is 0.280 e. The molecule has 1 unspecified atom stereocenters. The molecule has 0 saturated carbocycles. The summed E-state index contributed by atoms with van der Waals surface area (Å²) in [5.41, 5.74) is 1.18. The standard InChI is InChI=1S/C19H18N2O3/c22-19(15-5-2-1-3-6-15)17-13-14(9-11-18(17)21(23)24)8-10-16-7-4-12-20-16/h1-3,5-6,8-11,13,16,20H,4,7,12H2. The number of nitrogens with one attached hydrogen (secondary N) is 1. The minimum Gasteiger partial charge on any atom is -0.311 e. The number of hydrogen-bond acceptors (Lipinski definition) is 4. The molecule has 1 atom stereocenters. The van der Waals surface area contributed by atoms with E-state index >= 15 is 0 Å². The monoisotopic (exact) mass is 322 g/mol. The van der Waals surface area contributed by atoms with Crippen LogP contribution in [0.4, 0.5) is 5.69 Å². The number of nitrogens with zero attached hydrogens (tertiary/aromatic N) is 1. The molecule has 2 aromatic carbocycles. The second kappa shape index (κ2) is 7.19. The zero-order chi connectivity index (χ0) is 16.9. The molecular formula is C19H18N2O3. The van der Waals surface area contributed by atoms with E-state index in [4.69, 9.17) is 0 Å². The van der Waals surface area contributed by atoms with Gasteiger partial charge < -0.3 is 5.32 Å². The molecule has 0 bridgehead atoms. The molecule has 1 N–H and O–H groups in total. The highest BCUT2D eigenvalue weighted by atomic mass is 16.6. The van der Waals surface area contributed by atoms with E-state index in [-0.39, 0.29) is 17.0 Å². The third-order valence-electron chi connectivity index (χ3n) is 4.12. The Balaban J connectivity index is 1.94. The van der Waals surface area contributed by atoms with Crippen molar-refractivity contribution in [1.82, 2.24) is 5.32 Å². The minimum absolute atomic E-state index is 0.118. The molecule has 0 spiro atoms. The van der Waals surface area contributed by atoms with Crippen LogP contribution in [0.2, 0.25) is 0 Å². The average Bonchev–Trinajstić information content (AvgIpc) is 3.13. The van der Waals surface area contributed by atoms with Crippen LogP contribution in [0.15, 0.2) is 54.6 Å². The van der Waals surface area contributed by atoms with Gasteiger partial charge in [-0.05, 0) is 37.1 Å². The molecule has 24 heavy (non-hydrogen) atoms. The topological polar surface area (TPSA) is 72.2 Å². The van der Waals surface area contributed by atoms with E-state index in [1.54, 1.807) is 42.5 Å². The Morgan fingerprint density at radius 3 is 2.67 bits per heavy atom. The fourth-order valence-corrected chi connectivity index (χ4v) is 2.85. The molecule has 5 heteroatoms. The van der Waals surface area contributed by atoms with Gasteiger partial charge in [-0.15, -0.1) is 0 Å². The van der Waals surface area contributed by atoms with Gasteiger partial charge in [-0.25, -0.2) is 0 Å². The number of ketones is 1. The van der Waals surface area contributed by atoms with Crippen LogP contribution >= 0.6 is 0 Å². The number of nitro benzene ring substituents is 1. The highest BCUT2D eigenvalue weighted by molar-refractivity contribution is 6.11. The van der Waals surface area contributed by atoms with Gasteiger partial charge in [-0.3, -0.25) is 14.9 Å². The van der Waals surface area contributed by atoms with Gasteiger partial charge in [0.05, 0.1) is 4.92 Å². The number of carbonyl (C=O) groups excluding carboxylic acids is 1. The van der Waals surface area contributed by atoms with Crippen LogP contribution in [0.1, 0.15) is 34.3 Å². The minimum atomic E-state index is -0.512. The summed E-state index contributed by atoms with van der Waals surface area (Å²) in [7, 11) is 0. The Morgan fingerprint density at radius 1 is 1.21 bits per heavy atom. The number of nitro groups is 1. The predicted octanol–water partition coefficient (Wildman–Crippen LogP) is 3.59. The van der Waals surface area contributed by atoms with Crippen LogP contribution in [0, 0.1) is 10.1 Å². The molecule has 0 aromatic heterocycles. The van der Waals surface area contributed by atoms with Gasteiger partial charge in [-0.1, -0.05) is 42.5 Å². The normalized spacial score (nSPS) is 17.2. The molecule has 1 fully saturated rings. The Labute approximate surface area is 140 Å². The summed E-state index contributed by atoms with van der Waals surface area (Å²) in [6.07, 6.45) is 6.19. The second-order valence-electron chi connectivity index (χ2n) is 5.79. The van der Waals surface area contributed by atoms with E-state index in [1.807, 2.05) is 12.2 Å². The van der Waals surface area contributed by atoms with Crippen LogP contribution in [-0.4, -0.2) is 23.3 Å². The van der Waals surface area contributed by atoms with E-state index in [1.165, 1.54) is 6.07 Å². The fraction of sp³-hybridized carbons (Fsp3) is 0.211. The lowest BCUT2D eigenvalue weighted by Gasteiger charge is -2.05. The first-order valence-electron chi connectivity index (χ1n) is 7.95. The Bertz CT molecular complexity index is 778. The summed E-state index contributed by atoms with van der Waals surface area (Å²) in [5, 5.41) is 14.6. The van der Waals surface area contributed by atoms with Gasteiger partial charge in [0.15, 0.2) is 5.78 Å². The van der Waals surface area contributed by atoms with E-state index in [2.05, 4.69) is 5.32 Å². The van der Waals surface area contributed by atoms with Crippen LogP contribution in [0.25, 0.3) is 6.08 Å². The van der Waals surface area contributed by atoms with Gasteiger partial charge in [0.25, 0.3) is 5.69 Å². The molecule has 122 valence electrons. The molecule has 1 aliphatic rings. The van der Waals surface area contributed by atoms with Crippen molar-refractivity contribution in [1.29, 1.82) is 0 Å². The number of rotatable bonds is 5. The first kappa shape index (κ1) is 16.1. The summed E-state index contributed by atoms with van der Waals surface area (Å²) in [5.74, 6) is -0.337. The van der Waals surface area contributed by atoms with Crippen molar-refractivity contribution in [3.05, 3.63) is 81.4 Å². The van der Waals surface area contributed by atoms with Crippen molar-refractivity contribution in [2.75, 3.05) is 6.54 Å². The fourth-order valence-electron chi connectivity index (χ4n) is 2.85. The molecule has 1 saturated heterocycles. The summed E-state index contributed by atoms with van der Waals surface area (Å²) >= 11 is 0. The van der Waals surface area contributed by atoms with E-state index < -0.39 is 4.92 Å². The van der Waals surface area contributed by atoms with Gasteiger partial charge in [0.2, 0.25) is 0 Å². The lowest BCUT2D eigenvalue weighted by molar-refractivity contribution is -0.385. The Morgan fingerprint density at radius 2 is 2.00 bits per heavy atom. The molecule has 0 amide bonds. The Kier molecular flexibility index (Phi) is 4.82. The lowest BCUT2D eigenvalue weighted by Crippen LogP contribution is -2.17. The largest absolute Gasteiger partial charge is 0.311 e. The molecule has 5 nitrogen and oxygen atoms in total. The first-order valence-corrected chi connectivity index (χ1v) is 7.95. The summed E-state index contributed by atoms with van der Waals surface area (Å²) in [6, 6.07) is 13.6. The van der Waals surface area contributed by atoms with E-state index in [0.29, 0.717) is 11.6 Å². The highest BCUT2D eigenvalue weighted by Gasteiger charge is 2.21. The van der Waals surface area contributed by atoms with Crippen molar-refractivity contribution in [3.63, 3.8) is 0 Å². The maximum Gasteiger partial charge on any atom is 0.280 e. The van der Waals surface area contributed by atoms with Crippen LogP contribution in [0.3, 0.4) is 0 Å². The number of hydrogen-bond donors (Lipinski definition) is 1. The Hall–Kier alpha value is -2.79. The summed E-state index contributed by atoms with van der Waals surface area (Å²) in [4.78, 5) is 23.4. The number of benzene rings is 2. The molecule has 3 rings (SSSR count). The van der Waals surface area contributed by atoms with Gasteiger partial charge in [0, 0.05) is 17.7 Å². The second-order valence-corrected chi connectivity index (χ2v) is 5.79. The molecule has 0 radical (unpaired) electrons. The van der Waals surface area contributed by atoms with Crippen LogP contribution < -0.4 is 5.32 Å². The third kappa shape index (κ3) is 3.58. The SMILES string of the molecule is O=C(c1ccccc1)c1cc(C=CC2CCCN2)ccc1[N+](=O)[O-]. The molecule has 2 aromatic rings. The first-order chi connectivity index (χ1) is 11.6. The van der Waals surface area contributed by atoms with E-state index in [0.717, 1.165) is 24.9 Å². The van der Waals surface area contributed by atoms with Gasteiger partial charge >= 0.3 is 0 Å². The van der Waals surface area contributed by atoms with Crippen molar-refractivity contribution in [2.45, 2.75) is 18.9 Å². The van der Waals surface area contributed by atoms with Crippen molar-refractivity contribution >= 4 is 17.5 Å². The van der Waals surface area contributed by atoms with Gasteiger partial charge in [-0.2, -0.15) is 0 Å². The summed E-state index contributed by atoms with van der Waals surface area (Å²) in [6.45, 7) is 1.01. The maximum atomic E-state index is 12.6. The predicted molar refractivity (Wildman–Crippen MR) is 93.0 cm³/mol. The van der Waals surface area contributed by atoms with Crippen LogP contribution in [0.5, 0.6) is 0 Å². The quantitative estimate of drug-likeness (QED) is 0.519. The average molecular weight is 322 g/mol. The molecule has 0 aliphatic carbocycles. The summed E-state index contributed by atoms with van der Waals surface area (Å²) < 4.78 is 0.